The predicted octanol–water partition coefficient (Wildman–Crippen LogP) is 4.98. The van der Waals surface area contributed by atoms with Crippen molar-refractivity contribution in [2.45, 2.75) is 17.4 Å². The van der Waals surface area contributed by atoms with Crippen LogP contribution in [0.2, 0.25) is 0 Å². The monoisotopic (exact) mass is 556 g/mol. The van der Waals surface area contributed by atoms with Gasteiger partial charge in [0.05, 0.1) is 11.5 Å². The highest BCUT2D eigenvalue weighted by Gasteiger charge is 2.33. The standard InChI is InChI=1S/C26H25F5N2O4S/c27-21-8-4-19(5-9-21)25(20-6-10-22(28)11-7-20)36-17-16-32-12-14-33(15-13-32)38(34,35)24-3-1-2-23(18-24)37-26(29,30)31/h1-11,18,25H,12-17H2. The highest BCUT2D eigenvalue weighted by atomic mass is 32.2. The molecule has 0 aromatic heterocycles. The van der Waals surface area contributed by atoms with Crippen molar-refractivity contribution in [2.24, 2.45) is 0 Å². The van der Waals surface area contributed by atoms with Gasteiger partial charge in [-0.3, -0.25) is 4.90 Å². The van der Waals surface area contributed by atoms with E-state index in [1.165, 1.54) is 40.7 Å². The lowest BCUT2D eigenvalue weighted by atomic mass is 10.0. The SMILES string of the molecule is O=S(=O)(c1cccc(OC(F)(F)F)c1)N1CCN(CCOC(c2ccc(F)cc2)c2ccc(F)cc2)CC1. The summed E-state index contributed by atoms with van der Waals surface area (Å²) >= 11 is 0. The van der Waals surface area contributed by atoms with Crippen molar-refractivity contribution in [3.8, 4) is 5.75 Å². The Morgan fingerprint density at radius 2 is 1.37 bits per heavy atom. The Balaban J connectivity index is 1.34. The fraction of sp³-hybridized carbons (Fsp3) is 0.308. The zero-order valence-electron chi connectivity index (χ0n) is 20.1. The van der Waals surface area contributed by atoms with E-state index < -0.39 is 28.2 Å². The molecule has 12 heteroatoms. The lowest BCUT2D eigenvalue weighted by Gasteiger charge is -2.34. The molecular weight excluding hydrogens is 531 g/mol. The molecular formula is C26H25F5N2O4S. The Morgan fingerprint density at radius 1 is 0.816 bits per heavy atom. The predicted molar refractivity (Wildman–Crippen MR) is 129 cm³/mol. The van der Waals surface area contributed by atoms with E-state index in [2.05, 4.69) is 4.74 Å². The number of alkyl halides is 3. The van der Waals surface area contributed by atoms with Gasteiger partial charge in [-0.05, 0) is 47.5 Å². The Kier molecular flexibility index (Phi) is 8.66. The molecule has 4 rings (SSSR count). The zero-order chi connectivity index (χ0) is 27.3. The normalized spacial score (nSPS) is 15.6. The number of sulfonamides is 1. The van der Waals surface area contributed by atoms with Gasteiger partial charge < -0.3 is 9.47 Å². The molecule has 0 N–H and O–H groups in total. The van der Waals surface area contributed by atoms with E-state index in [4.69, 9.17) is 4.74 Å². The van der Waals surface area contributed by atoms with Crippen molar-refractivity contribution in [1.29, 1.82) is 0 Å². The van der Waals surface area contributed by atoms with Gasteiger partial charge >= 0.3 is 6.36 Å². The molecule has 1 heterocycles. The zero-order valence-corrected chi connectivity index (χ0v) is 20.9. The number of piperazine rings is 1. The number of rotatable bonds is 9. The summed E-state index contributed by atoms with van der Waals surface area (Å²) < 4.78 is 101. The largest absolute Gasteiger partial charge is 0.573 e. The Labute approximate surface area is 217 Å². The second-order valence-electron chi connectivity index (χ2n) is 8.62. The molecule has 3 aromatic rings. The van der Waals surface area contributed by atoms with Gasteiger partial charge in [0.25, 0.3) is 0 Å². The summed E-state index contributed by atoms with van der Waals surface area (Å²) in [4.78, 5) is 1.72. The van der Waals surface area contributed by atoms with Crippen LogP contribution in [0.4, 0.5) is 22.0 Å². The molecule has 0 amide bonds. The molecule has 3 aromatic carbocycles. The van der Waals surface area contributed by atoms with E-state index in [9.17, 15) is 30.4 Å². The van der Waals surface area contributed by atoms with Gasteiger partial charge in [0.1, 0.15) is 23.5 Å². The van der Waals surface area contributed by atoms with E-state index in [0.29, 0.717) is 30.8 Å². The minimum Gasteiger partial charge on any atom is -0.406 e. The van der Waals surface area contributed by atoms with Crippen LogP contribution in [0.15, 0.2) is 77.7 Å². The summed E-state index contributed by atoms with van der Waals surface area (Å²) in [5.41, 5.74) is 1.40. The number of benzene rings is 3. The van der Waals surface area contributed by atoms with Crippen LogP contribution < -0.4 is 4.74 Å². The number of hydrogen-bond donors (Lipinski definition) is 0. The third kappa shape index (κ3) is 7.28. The van der Waals surface area contributed by atoms with Gasteiger partial charge in [0, 0.05) is 38.8 Å². The van der Waals surface area contributed by atoms with E-state index in [-0.39, 0.29) is 36.2 Å². The molecule has 0 radical (unpaired) electrons. The van der Waals surface area contributed by atoms with E-state index >= 15 is 0 Å². The maximum atomic E-state index is 13.4. The van der Waals surface area contributed by atoms with Gasteiger partial charge in [-0.25, -0.2) is 17.2 Å². The Hall–Kier alpha value is -3.06. The van der Waals surface area contributed by atoms with Crippen LogP contribution >= 0.6 is 0 Å². The third-order valence-electron chi connectivity index (χ3n) is 6.05. The quantitative estimate of drug-likeness (QED) is 0.348. The molecule has 0 atom stereocenters. The van der Waals surface area contributed by atoms with Crippen LogP contribution in [-0.2, 0) is 14.8 Å². The molecule has 0 unspecified atom stereocenters. The van der Waals surface area contributed by atoms with Gasteiger partial charge in [-0.1, -0.05) is 30.3 Å². The molecule has 1 aliphatic heterocycles. The highest BCUT2D eigenvalue weighted by Crippen LogP contribution is 2.28. The van der Waals surface area contributed by atoms with Gasteiger partial charge in [0.2, 0.25) is 10.0 Å². The van der Waals surface area contributed by atoms with E-state index in [1.807, 2.05) is 4.90 Å². The summed E-state index contributed by atoms with van der Waals surface area (Å²) in [6.07, 6.45) is -5.48. The van der Waals surface area contributed by atoms with Crippen LogP contribution in [0, 0.1) is 11.6 Å². The fourth-order valence-corrected chi connectivity index (χ4v) is 5.59. The van der Waals surface area contributed by atoms with Crippen LogP contribution in [0.25, 0.3) is 0 Å². The summed E-state index contributed by atoms with van der Waals surface area (Å²) in [6, 6.07) is 16.0. The summed E-state index contributed by atoms with van der Waals surface area (Å²) in [6.45, 7) is 1.81. The second kappa shape index (κ2) is 11.8. The molecule has 0 bridgehead atoms. The fourth-order valence-electron chi connectivity index (χ4n) is 4.13. The first-order valence-corrected chi connectivity index (χ1v) is 13.2. The lowest BCUT2D eigenvalue weighted by Crippen LogP contribution is -2.49. The number of hydrogen-bond acceptors (Lipinski definition) is 5. The first-order valence-electron chi connectivity index (χ1n) is 11.7. The maximum absolute atomic E-state index is 13.4. The van der Waals surface area contributed by atoms with Crippen molar-refractivity contribution in [3.63, 3.8) is 0 Å². The Bertz CT molecular complexity index is 1270. The second-order valence-corrected chi connectivity index (χ2v) is 10.6. The smallest absolute Gasteiger partial charge is 0.406 e. The summed E-state index contributed by atoms with van der Waals surface area (Å²) in [5.74, 6) is -1.38. The molecule has 1 fully saturated rings. The number of ether oxygens (including phenoxy) is 2. The van der Waals surface area contributed by atoms with Gasteiger partial charge in [0.15, 0.2) is 0 Å². The van der Waals surface area contributed by atoms with Crippen LogP contribution in [-0.4, -0.2) is 63.3 Å². The topological polar surface area (TPSA) is 59.1 Å². The van der Waals surface area contributed by atoms with E-state index in [1.54, 1.807) is 24.3 Å². The minimum atomic E-state index is -4.93. The van der Waals surface area contributed by atoms with Crippen molar-refractivity contribution in [2.75, 3.05) is 39.3 Å². The molecule has 6 nitrogen and oxygen atoms in total. The number of nitrogens with zero attached hydrogens (tertiary/aromatic N) is 2. The molecule has 1 saturated heterocycles. The molecule has 204 valence electrons. The van der Waals surface area contributed by atoms with Crippen molar-refractivity contribution in [3.05, 3.63) is 95.6 Å². The van der Waals surface area contributed by atoms with Crippen molar-refractivity contribution in [1.82, 2.24) is 9.21 Å². The van der Waals surface area contributed by atoms with Crippen LogP contribution in [0.3, 0.4) is 0 Å². The summed E-state index contributed by atoms with van der Waals surface area (Å²) in [5, 5.41) is 0. The minimum absolute atomic E-state index is 0.145. The molecule has 0 aliphatic carbocycles. The van der Waals surface area contributed by atoms with Crippen LogP contribution in [0.1, 0.15) is 17.2 Å². The summed E-state index contributed by atoms with van der Waals surface area (Å²) in [7, 11) is -4.01. The highest BCUT2D eigenvalue weighted by molar-refractivity contribution is 7.89. The van der Waals surface area contributed by atoms with Crippen molar-refractivity contribution < 1.29 is 39.8 Å². The molecule has 0 spiro atoms. The first-order chi connectivity index (χ1) is 18.0. The van der Waals surface area contributed by atoms with Gasteiger partial charge in [-0.15, -0.1) is 13.2 Å². The first kappa shape index (κ1) is 28.0. The average molecular weight is 557 g/mol. The molecule has 1 aliphatic rings. The maximum Gasteiger partial charge on any atom is 0.573 e. The molecule has 38 heavy (non-hydrogen) atoms. The number of halogens is 5. The molecule has 0 saturated carbocycles. The van der Waals surface area contributed by atoms with E-state index in [0.717, 1.165) is 12.1 Å². The Morgan fingerprint density at radius 3 is 1.89 bits per heavy atom. The third-order valence-corrected chi connectivity index (χ3v) is 7.94. The van der Waals surface area contributed by atoms with Gasteiger partial charge in [-0.2, -0.15) is 4.31 Å². The van der Waals surface area contributed by atoms with Crippen LogP contribution in [0.5, 0.6) is 5.75 Å². The lowest BCUT2D eigenvalue weighted by molar-refractivity contribution is -0.274. The van der Waals surface area contributed by atoms with Crippen molar-refractivity contribution >= 4 is 10.0 Å². The average Bonchev–Trinajstić information content (AvgIpc) is 2.87.